The third-order valence-electron chi connectivity index (χ3n) is 3.05. The lowest BCUT2D eigenvalue weighted by Gasteiger charge is -2.33. The highest BCUT2D eigenvalue weighted by Crippen LogP contribution is 2.23. The number of ether oxygens (including phenoxy) is 1. The zero-order valence-electron chi connectivity index (χ0n) is 9.76. The van der Waals surface area contributed by atoms with E-state index in [4.69, 9.17) is 4.74 Å². The molecule has 4 nitrogen and oxygen atoms in total. The van der Waals surface area contributed by atoms with Crippen LogP contribution in [0.4, 0.5) is 0 Å². The van der Waals surface area contributed by atoms with Crippen LogP contribution in [0.15, 0.2) is 18.5 Å². The minimum Gasteiger partial charge on any atom is -0.386 e. The molecule has 0 radical (unpaired) electrons. The summed E-state index contributed by atoms with van der Waals surface area (Å²) in [5, 5.41) is 10.3. The van der Waals surface area contributed by atoms with E-state index < -0.39 is 6.10 Å². The molecule has 0 bridgehead atoms. The van der Waals surface area contributed by atoms with E-state index in [1.165, 1.54) is 0 Å². The van der Waals surface area contributed by atoms with E-state index in [0.717, 1.165) is 24.2 Å². The van der Waals surface area contributed by atoms with Gasteiger partial charge < -0.3 is 14.7 Å². The molecule has 0 amide bonds. The quantitative estimate of drug-likeness (QED) is 0.802. The van der Waals surface area contributed by atoms with Gasteiger partial charge in [-0.05, 0) is 25.6 Å². The first kappa shape index (κ1) is 11.5. The van der Waals surface area contributed by atoms with Crippen LogP contribution in [0.1, 0.15) is 17.2 Å². The van der Waals surface area contributed by atoms with Crippen molar-refractivity contribution in [2.75, 3.05) is 26.7 Å². The Balaban J connectivity index is 2.12. The van der Waals surface area contributed by atoms with Crippen molar-refractivity contribution >= 4 is 0 Å². The fraction of sp³-hybridized carbons (Fsp3) is 0.583. The number of hydrogen-bond donors (Lipinski definition) is 1. The second-order valence-electron chi connectivity index (χ2n) is 4.35. The van der Waals surface area contributed by atoms with E-state index in [1.807, 2.05) is 20.0 Å². The fourth-order valence-electron chi connectivity index (χ4n) is 1.99. The van der Waals surface area contributed by atoms with Gasteiger partial charge in [-0.2, -0.15) is 0 Å². The second kappa shape index (κ2) is 4.91. The number of rotatable bonds is 2. The van der Waals surface area contributed by atoms with Gasteiger partial charge in [-0.1, -0.05) is 0 Å². The van der Waals surface area contributed by atoms with Crippen molar-refractivity contribution in [3.05, 3.63) is 29.6 Å². The summed E-state index contributed by atoms with van der Waals surface area (Å²) in [5.74, 6) is 0. The third kappa shape index (κ3) is 2.40. The molecule has 1 aromatic rings. The molecule has 0 saturated carbocycles. The van der Waals surface area contributed by atoms with Crippen molar-refractivity contribution in [1.82, 2.24) is 9.88 Å². The SMILES string of the molecule is Cc1ccncc1C(O)C1CN(C)CCO1. The van der Waals surface area contributed by atoms with Gasteiger partial charge in [0, 0.05) is 31.0 Å². The van der Waals surface area contributed by atoms with Gasteiger partial charge in [0.2, 0.25) is 0 Å². The van der Waals surface area contributed by atoms with Gasteiger partial charge in [-0.15, -0.1) is 0 Å². The maximum absolute atomic E-state index is 10.3. The Morgan fingerprint density at radius 2 is 2.44 bits per heavy atom. The lowest BCUT2D eigenvalue weighted by Crippen LogP contribution is -2.43. The molecule has 2 atom stereocenters. The second-order valence-corrected chi connectivity index (χ2v) is 4.35. The molecule has 2 rings (SSSR count). The van der Waals surface area contributed by atoms with Gasteiger partial charge in [0.1, 0.15) is 12.2 Å². The standard InChI is InChI=1S/C12H18N2O2/c1-9-3-4-13-7-10(9)12(15)11-8-14(2)5-6-16-11/h3-4,7,11-12,15H,5-6,8H2,1-2H3. The summed E-state index contributed by atoms with van der Waals surface area (Å²) < 4.78 is 5.60. The van der Waals surface area contributed by atoms with Crippen molar-refractivity contribution in [2.24, 2.45) is 0 Å². The van der Waals surface area contributed by atoms with Crippen molar-refractivity contribution < 1.29 is 9.84 Å². The van der Waals surface area contributed by atoms with Crippen LogP contribution in [0, 0.1) is 6.92 Å². The molecule has 1 fully saturated rings. The summed E-state index contributed by atoms with van der Waals surface area (Å²) in [6, 6.07) is 1.91. The zero-order valence-corrected chi connectivity index (χ0v) is 9.76. The van der Waals surface area contributed by atoms with Gasteiger partial charge >= 0.3 is 0 Å². The maximum atomic E-state index is 10.3. The molecular weight excluding hydrogens is 204 g/mol. The van der Waals surface area contributed by atoms with Gasteiger partial charge in [0.25, 0.3) is 0 Å². The van der Waals surface area contributed by atoms with Crippen LogP contribution in [0.5, 0.6) is 0 Å². The van der Waals surface area contributed by atoms with Crippen molar-refractivity contribution in [1.29, 1.82) is 0 Å². The van der Waals surface area contributed by atoms with Crippen LogP contribution < -0.4 is 0 Å². The van der Waals surface area contributed by atoms with Crippen LogP contribution in [-0.2, 0) is 4.74 Å². The molecular formula is C12H18N2O2. The Bertz CT molecular complexity index is 357. The van der Waals surface area contributed by atoms with Gasteiger partial charge in [-0.3, -0.25) is 4.98 Å². The molecule has 1 aliphatic heterocycles. The monoisotopic (exact) mass is 222 g/mol. The van der Waals surface area contributed by atoms with Crippen LogP contribution in [0.2, 0.25) is 0 Å². The molecule has 0 aromatic carbocycles. The number of likely N-dealkylation sites (N-methyl/N-ethyl adjacent to an activating group) is 1. The average Bonchev–Trinajstić information content (AvgIpc) is 2.29. The highest BCUT2D eigenvalue weighted by molar-refractivity contribution is 5.24. The Morgan fingerprint density at radius 3 is 3.12 bits per heavy atom. The fourth-order valence-corrected chi connectivity index (χ4v) is 1.99. The molecule has 0 aliphatic carbocycles. The summed E-state index contributed by atoms with van der Waals surface area (Å²) >= 11 is 0. The lowest BCUT2D eigenvalue weighted by molar-refractivity contribution is -0.0847. The molecule has 1 aliphatic rings. The first-order valence-electron chi connectivity index (χ1n) is 5.57. The van der Waals surface area contributed by atoms with E-state index >= 15 is 0 Å². The molecule has 2 unspecified atom stereocenters. The average molecular weight is 222 g/mol. The zero-order chi connectivity index (χ0) is 11.5. The summed E-state index contributed by atoms with van der Waals surface area (Å²) in [7, 11) is 2.04. The number of aryl methyl sites for hydroxylation is 1. The topological polar surface area (TPSA) is 45.6 Å². The first-order valence-corrected chi connectivity index (χ1v) is 5.57. The number of hydrogen-bond acceptors (Lipinski definition) is 4. The number of nitrogens with zero attached hydrogens (tertiary/aromatic N) is 2. The van der Waals surface area contributed by atoms with Crippen molar-refractivity contribution in [2.45, 2.75) is 19.1 Å². The summed E-state index contributed by atoms with van der Waals surface area (Å²) in [6.07, 6.45) is 2.72. The van der Waals surface area contributed by atoms with E-state index in [0.29, 0.717) is 6.61 Å². The lowest BCUT2D eigenvalue weighted by atomic mass is 10.0. The molecule has 1 aromatic heterocycles. The Hall–Kier alpha value is -0.970. The smallest absolute Gasteiger partial charge is 0.108 e. The van der Waals surface area contributed by atoms with Crippen LogP contribution in [-0.4, -0.2) is 47.8 Å². The van der Waals surface area contributed by atoms with E-state index in [9.17, 15) is 5.11 Å². The normalized spacial score (nSPS) is 24.3. The van der Waals surface area contributed by atoms with Crippen molar-refractivity contribution in [3.8, 4) is 0 Å². The molecule has 16 heavy (non-hydrogen) atoms. The molecule has 1 N–H and O–H groups in total. The largest absolute Gasteiger partial charge is 0.386 e. The highest BCUT2D eigenvalue weighted by atomic mass is 16.5. The Labute approximate surface area is 95.9 Å². The minimum atomic E-state index is -0.587. The number of aliphatic hydroxyl groups is 1. The summed E-state index contributed by atoms with van der Waals surface area (Å²) in [5.41, 5.74) is 1.92. The van der Waals surface area contributed by atoms with Crippen molar-refractivity contribution in [3.63, 3.8) is 0 Å². The van der Waals surface area contributed by atoms with E-state index in [1.54, 1.807) is 12.4 Å². The number of aliphatic hydroxyl groups excluding tert-OH is 1. The Morgan fingerprint density at radius 1 is 1.62 bits per heavy atom. The van der Waals surface area contributed by atoms with Crippen LogP contribution in [0.3, 0.4) is 0 Å². The predicted molar refractivity (Wildman–Crippen MR) is 61.2 cm³/mol. The molecule has 88 valence electrons. The maximum Gasteiger partial charge on any atom is 0.108 e. The van der Waals surface area contributed by atoms with E-state index in [-0.39, 0.29) is 6.10 Å². The van der Waals surface area contributed by atoms with E-state index in [2.05, 4.69) is 9.88 Å². The van der Waals surface area contributed by atoms with Crippen LogP contribution in [0.25, 0.3) is 0 Å². The molecule has 0 spiro atoms. The number of morpholine rings is 1. The Kier molecular flexibility index (Phi) is 3.53. The summed E-state index contributed by atoms with van der Waals surface area (Å²) in [4.78, 5) is 6.22. The highest BCUT2D eigenvalue weighted by Gasteiger charge is 2.27. The molecule has 4 heteroatoms. The molecule has 1 saturated heterocycles. The third-order valence-corrected chi connectivity index (χ3v) is 3.05. The first-order chi connectivity index (χ1) is 7.68. The van der Waals surface area contributed by atoms with Gasteiger partial charge in [0.05, 0.1) is 6.61 Å². The van der Waals surface area contributed by atoms with Crippen LogP contribution >= 0.6 is 0 Å². The predicted octanol–water partition coefficient (Wildman–Crippen LogP) is 0.754. The van der Waals surface area contributed by atoms with Gasteiger partial charge in [0.15, 0.2) is 0 Å². The number of aromatic nitrogens is 1. The van der Waals surface area contributed by atoms with Gasteiger partial charge in [-0.25, -0.2) is 0 Å². The molecule has 2 heterocycles. The summed E-state index contributed by atoms with van der Waals surface area (Å²) in [6.45, 7) is 4.34. The minimum absolute atomic E-state index is 0.151. The number of pyridine rings is 1.